The van der Waals surface area contributed by atoms with Crippen LogP contribution in [0.4, 0.5) is 0 Å². The van der Waals surface area contributed by atoms with E-state index < -0.39 is 10.0 Å². The summed E-state index contributed by atoms with van der Waals surface area (Å²) in [6.45, 7) is 0.0966. The summed E-state index contributed by atoms with van der Waals surface area (Å²) >= 11 is 1.48. The quantitative estimate of drug-likeness (QED) is 0.728. The van der Waals surface area contributed by atoms with E-state index in [-0.39, 0.29) is 23.6 Å². The van der Waals surface area contributed by atoms with E-state index >= 15 is 0 Å². The summed E-state index contributed by atoms with van der Waals surface area (Å²) in [6, 6.07) is 12.3. The van der Waals surface area contributed by atoms with Crippen molar-refractivity contribution in [1.82, 2.24) is 14.7 Å². The molecular formula is C19H15N3O3S2. The van der Waals surface area contributed by atoms with Crippen LogP contribution in [0, 0.1) is 0 Å². The van der Waals surface area contributed by atoms with Crippen molar-refractivity contribution in [3.63, 3.8) is 0 Å². The van der Waals surface area contributed by atoms with Gasteiger partial charge in [-0.3, -0.25) is 4.79 Å². The third-order valence-corrected chi connectivity index (χ3v) is 6.77. The minimum atomic E-state index is -3.71. The molecule has 136 valence electrons. The van der Waals surface area contributed by atoms with E-state index in [9.17, 15) is 13.2 Å². The second-order valence-electron chi connectivity index (χ2n) is 6.04. The Morgan fingerprint density at radius 1 is 1.04 bits per heavy atom. The number of fused-ring (bicyclic) bond motifs is 2. The first-order valence-corrected chi connectivity index (χ1v) is 10.5. The molecule has 0 saturated heterocycles. The Labute approximate surface area is 161 Å². The van der Waals surface area contributed by atoms with Gasteiger partial charge in [0, 0.05) is 46.3 Å². The van der Waals surface area contributed by atoms with Crippen LogP contribution in [0.2, 0.25) is 0 Å². The van der Waals surface area contributed by atoms with Crippen molar-refractivity contribution in [1.29, 1.82) is 0 Å². The standard InChI is InChI=1S/C19H15N3O3S2/c23-17-8-14-7-15(27(24,25)22-11-13-9-20-12-21-10-13)5-6-18(14)26-19-4-2-1-3-16(17)19/h1-7,9-10,12,22H,8,11H2. The predicted octanol–water partition coefficient (Wildman–Crippen LogP) is 2.85. The molecule has 3 aromatic rings. The van der Waals surface area contributed by atoms with Crippen molar-refractivity contribution in [3.8, 4) is 0 Å². The number of ketones is 1. The fraction of sp³-hybridized carbons (Fsp3) is 0.105. The lowest BCUT2D eigenvalue weighted by atomic mass is 10.0. The van der Waals surface area contributed by atoms with Crippen molar-refractivity contribution >= 4 is 27.6 Å². The van der Waals surface area contributed by atoms with Gasteiger partial charge in [0.05, 0.1) is 4.90 Å². The normalized spacial score (nSPS) is 13.6. The molecule has 0 amide bonds. The van der Waals surface area contributed by atoms with Crippen LogP contribution in [0.25, 0.3) is 0 Å². The summed E-state index contributed by atoms with van der Waals surface area (Å²) in [5.41, 5.74) is 2.05. The molecule has 27 heavy (non-hydrogen) atoms. The van der Waals surface area contributed by atoms with E-state index in [1.54, 1.807) is 36.7 Å². The molecule has 6 nitrogen and oxygen atoms in total. The van der Waals surface area contributed by atoms with E-state index in [4.69, 9.17) is 0 Å². The average molecular weight is 397 g/mol. The number of carbonyl (C=O) groups excluding carboxylic acids is 1. The molecule has 2 heterocycles. The maximum Gasteiger partial charge on any atom is 0.240 e. The van der Waals surface area contributed by atoms with E-state index in [0.29, 0.717) is 16.7 Å². The molecule has 4 rings (SSSR count). The molecule has 1 aromatic heterocycles. The number of hydrogen-bond donors (Lipinski definition) is 1. The predicted molar refractivity (Wildman–Crippen MR) is 101 cm³/mol. The van der Waals surface area contributed by atoms with Crippen LogP contribution in [0.5, 0.6) is 0 Å². The van der Waals surface area contributed by atoms with Crippen LogP contribution in [0.1, 0.15) is 21.5 Å². The molecule has 1 aliphatic rings. The van der Waals surface area contributed by atoms with E-state index in [1.165, 1.54) is 18.1 Å². The summed E-state index contributed by atoms with van der Waals surface area (Å²) in [5, 5.41) is 0. The Morgan fingerprint density at radius 2 is 1.81 bits per heavy atom. The number of sulfonamides is 1. The van der Waals surface area contributed by atoms with Crippen LogP contribution in [0.15, 0.2) is 75.9 Å². The minimum absolute atomic E-state index is 0.0132. The number of benzene rings is 2. The largest absolute Gasteiger partial charge is 0.294 e. The smallest absolute Gasteiger partial charge is 0.240 e. The highest BCUT2D eigenvalue weighted by atomic mass is 32.2. The minimum Gasteiger partial charge on any atom is -0.294 e. The Hall–Kier alpha value is -2.55. The monoisotopic (exact) mass is 397 g/mol. The van der Waals surface area contributed by atoms with Gasteiger partial charge in [0.2, 0.25) is 10.0 Å². The molecular weight excluding hydrogens is 382 g/mol. The van der Waals surface area contributed by atoms with Gasteiger partial charge in [0.15, 0.2) is 5.78 Å². The molecule has 1 aliphatic heterocycles. The number of rotatable bonds is 4. The second kappa shape index (κ2) is 7.22. The molecule has 2 aromatic carbocycles. The van der Waals surface area contributed by atoms with Gasteiger partial charge in [-0.25, -0.2) is 23.1 Å². The van der Waals surface area contributed by atoms with Gasteiger partial charge >= 0.3 is 0 Å². The highest BCUT2D eigenvalue weighted by Gasteiger charge is 2.22. The van der Waals surface area contributed by atoms with Crippen molar-refractivity contribution in [2.45, 2.75) is 27.7 Å². The van der Waals surface area contributed by atoms with Crippen LogP contribution in [-0.2, 0) is 23.0 Å². The fourth-order valence-corrected chi connectivity index (χ4v) is 4.96. The van der Waals surface area contributed by atoms with Crippen LogP contribution in [0.3, 0.4) is 0 Å². The van der Waals surface area contributed by atoms with Crippen molar-refractivity contribution < 1.29 is 13.2 Å². The maximum absolute atomic E-state index is 12.6. The molecule has 0 saturated carbocycles. The summed E-state index contributed by atoms with van der Waals surface area (Å²) in [7, 11) is -3.71. The van der Waals surface area contributed by atoms with Crippen molar-refractivity contribution in [3.05, 3.63) is 77.9 Å². The molecule has 8 heteroatoms. The van der Waals surface area contributed by atoms with Gasteiger partial charge in [0.1, 0.15) is 6.33 Å². The first-order chi connectivity index (χ1) is 13.0. The van der Waals surface area contributed by atoms with Gasteiger partial charge in [0.25, 0.3) is 0 Å². The molecule has 0 atom stereocenters. The third-order valence-electron chi connectivity index (χ3n) is 4.18. The fourth-order valence-electron chi connectivity index (χ4n) is 2.82. The zero-order valence-electron chi connectivity index (χ0n) is 14.1. The topological polar surface area (TPSA) is 89.0 Å². The zero-order valence-corrected chi connectivity index (χ0v) is 15.8. The Morgan fingerprint density at radius 3 is 2.63 bits per heavy atom. The van der Waals surface area contributed by atoms with Crippen LogP contribution in [-0.4, -0.2) is 24.2 Å². The molecule has 0 radical (unpaired) electrons. The number of hydrogen-bond acceptors (Lipinski definition) is 6. The number of nitrogens with one attached hydrogen (secondary N) is 1. The Balaban J connectivity index is 1.61. The lowest BCUT2D eigenvalue weighted by molar-refractivity contribution is 0.0990. The lowest BCUT2D eigenvalue weighted by Gasteiger charge is -2.10. The molecule has 0 aliphatic carbocycles. The van der Waals surface area contributed by atoms with Gasteiger partial charge in [-0.05, 0) is 29.8 Å². The van der Waals surface area contributed by atoms with Crippen LogP contribution >= 0.6 is 11.8 Å². The SMILES string of the molecule is O=C1Cc2cc(S(=O)(=O)NCc3cncnc3)ccc2Sc2ccccc21. The first-order valence-electron chi connectivity index (χ1n) is 8.19. The Kier molecular flexibility index (Phi) is 4.77. The highest BCUT2D eigenvalue weighted by molar-refractivity contribution is 7.99. The van der Waals surface area contributed by atoms with Gasteiger partial charge in [-0.15, -0.1) is 0 Å². The van der Waals surface area contributed by atoms with E-state index in [0.717, 1.165) is 9.79 Å². The average Bonchev–Trinajstić information content (AvgIpc) is 2.82. The molecule has 1 N–H and O–H groups in total. The number of aromatic nitrogens is 2. The van der Waals surface area contributed by atoms with Gasteiger partial charge < -0.3 is 0 Å². The van der Waals surface area contributed by atoms with E-state index in [1.807, 2.05) is 18.2 Å². The summed E-state index contributed by atoms with van der Waals surface area (Å²) in [5.74, 6) is -0.0132. The molecule has 0 spiro atoms. The van der Waals surface area contributed by atoms with Crippen LogP contribution < -0.4 is 4.72 Å². The summed E-state index contributed by atoms with van der Waals surface area (Å²) in [4.78, 5) is 22.2. The Bertz CT molecular complexity index is 1120. The summed E-state index contributed by atoms with van der Waals surface area (Å²) < 4.78 is 27.8. The van der Waals surface area contributed by atoms with E-state index in [2.05, 4.69) is 14.7 Å². The second-order valence-corrected chi connectivity index (χ2v) is 8.89. The third kappa shape index (κ3) is 3.78. The molecule has 0 unspecified atom stereocenters. The first kappa shape index (κ1) is 17.8. The summed E-state index contributed by atoms with van der Waals surface area (Å²) in [6.07, 6.45) is 4.67. The van der Waals surface area contributed by atoms with Crippen molar-refractivity contribution in [2.75, 3.05) is 0 Å². The van der Waals surface area contributed by atoms with Gasteiger partial charge in [-0.2, -0.15) is 0 Å². The highest BCUT2D eigenvalue weighted by Crippen LogP contribution is 2.37. The van der Waals surface area contributed by atoms with Gasteiger partial charge in [-0.1, -0.05) is 30.0 Å². The van der Waals surface area contributed by atoms with Crippen molar-refractivity contribution in [2.24, 2.45) is 0 Å². The maximum atomic E-state index is 12.6. The zero-order chi connectivity index (χ0) is 18.9. The number of nitrogens with zero attached hydrogens (tertiary/aromatic N) is 2. The molecule has 0 fully saturated rings. The number of Topliss-reactive ketones (excluding diaryl/α,β-unsaturated/α-hetero) is 1. The lowest BCUT2D eigenvalue weighted by Crippen LogP contribution is -2.23. The molecule has 0 bridgehead atoms. The number of carbonyl (C=O) groups is 1.